The van der Waals surface area contributed by atoms with Crippen molar-refractivity contribution in [2.45, 2.75) is 44.9 Å². The molecule has 0 aliphatic heterocycles. The molecule has 4 rings (SSSR count). The van der Waals surface area contributed by atoms with Crippen LogP contribution in [0.5, 0.6) is 0 Å². The number of nitrogens with one attached hydrogen (secondary N) is 2. The molecule has 6 heteroatoms. The number of H-pyrrole nitrogens is 1. The minimum atomic E-state index is -0.262. The van der Waals surface area contributed by atoms with Crippen LogP contribution in [-0.2, 0) is 10.8 Å². The Kier molecular flexibility index (Phi) is 4.57. The molecule has 0 atom stereocenters. The Morgan fingerprint density at radius 3 is 2.31 bits per heavy atom. The Hall–Kier alpha value is -3.28. The van der Waals surface area contributed by atoms with Crippen LogP contribution < -0.4 is 5.32 Å². The summed E-state index contributed by atoms with van der Waals surface area (Å²) in [5, 5.41) is 15.6. The van der Waals surface area contributed by atoms with E-state index in [1.807, 2.05) is 12.1 Å². The normalized spacial score (nSPS) is 16.7. The summed E-state index contributed by atoms with van der Waals surface area (Å²) in [5.74, 6) is -0.0377. The van der Waals surface area contributed by atoms with Gasteiger partial charge in [-0.05, 0) is 62.1 Å². The number of fused-ring (bicyclic) bond motifs is 1. The highest BCUT2D eigenvalue weighted by Crippen LogP contribution is 2.49. The molecule has 2 N–H and O–H groups in total. The third-order valence-corrected chi connectivity index (χ3v) is 5.60. The highest BCUT2D eigenvalue weighted by atomic mass is 16.1. The summed E-state index contributed by atoms with van der Waals surface area (Å²) in [5.41, 5.74) is 6.07. The molecule has 0 spiro atoms. The molecule has 0 saturated heterocycles. The second kappa shape index (κ2) is 6.95. The number of hydrogen-bond donors (Lipinski definition) is 2. The van der Waals surface area contributed by atoms with Crippen molar-refractivity contribution in [3.63, 3.8) is 0 Å². The van der Waals surface area contributed by atoms with Gasteiger partial charge in [0.2, 0.25) is 5.95 Å². The van der Waals surface area contributed by atoms with Gasteiger partial charge in [-0.2, -0.15) is 0 Å². The van der Waals surface area contributed by atoms with E-state index in [-0.39, 0.29) is 22.7 Å². The van der Waals surface area contributed by atoms with E-state index >= 15 is 0 Å². The SMILES string of the molecule is CC1(C)CC(C)(C)c2cc(/C=C/c3ccc(C(=O)Nc4nnn[nH]4)cc3)ccc21. The number of aromatic nitrogens is 4. The van der Waals surface area contributed by atoms with Gasteiger partial charge < -0.3 is 0 Å². The summed E-state index contributed by atoms with van der Waals surface area (Å²) in [6.07, 6.45) is 5.35. The van der Waals surface area contributed by atoms with E-state index in [0.29, 0.717) is 5.56 Å². The topological polar surface area (TPSA) is 83.6 Å². The smallest absolute Gasteiger partial charge is 0.258 e. The minimum Gasteiger partial charge on any atom is -0.289 e. The quantitative estimate of drug-likeness (QED) is 0.642. The molecular formula is C23H25N5O. The zero-order valence-corrected chi connectivity index (χ0v) is 17.2. The van der Waals surface area contributed by atoms with Gasteiger partial charge >= 0.3 is 0 Å². The highest BCUT2D eigenvalue weighted by molar-refractivity contribution is 6.03. The third-order valence-electron chi connectivity index (χ3n) is 5.60. The van der Waals surface area contributed by atoms with E-state index in [0.717, 1.165) is 12.0 Å². The molecule has 1 aromatic heterocycles. The van der Waals surface area contributed by atoms with Crippen LogP contribution >= 0.6 is 0 Å². The third kappa shape index (κ3) is 3.83. The summed E-state index contributed by atoms with van der Waals surface area (Å²) >= 11 is 0. The predicted octanol–water partition coefficient (Wildman–Crippen LogP) is 4.58. The van der Waals surface area contributed by atoms with Crippen LogP contribution in [0.2, 0.25) is 0 Å². The van der Waals surface area contributed by atoms with Crippen LogP contribution in [0, 0.1) is 0 Å². The molecule has 1 heterocycles. The number of carbonyl (C=O) groups excluding carboxylic acids is 1. The first-order chi connectivity index (χ1) is 13.7. The Balaban J connectivity index is 1.49. The van der Waals surface area contributed by atoms with Gasteiger partial charge in [-0.25, -0.2) is 5.10 Å². The molecule has 0 fully saturated rings. The van der Waals surface area contributed by atoms with E-state index in [4.69, 9.17) is 0 Å². The van der Waals surface area contributed by atoms with Crippen molar-refractivity contribution >= 4 is 24.0 Å². The Morgan fingerprint density at radius 2 is 1.62 bits per heavy atom. The van der Waals surface area contributed by atoms with Crippen LogP contribution in [0.1, 0.15) is 66.7 Å². The highest BCUT2D eigenvalue weighted by Gasteiger charge is 2.41. The van der Waals surface area contributed by atoms with Crippen LogP contribution in [0.25, 0.3) is 12.2 Å². The van der Waals surface area contributed by atoms with Crippen molar-refractivity contribution in [3.05, 3.63) is 70.3 Å². The molecule has 0 unspecified atom stereocenters. The lowest BCUT2D eigenvalue weighted by atomic mass is 9.82. The molecule has 0 radical (unpaired) electrons. The molecular weight excluding hydrogens is 362 g/mol. The fraction of sp³-hybridized carbons (Fsp3) is 0.304. The molecule has 2 aromatic carbocycles. The van der Waals surface area contributed by atoms with Gasteiger partial charge in [0.25, 0.3) is 5.91 Å². The predicted molar refractivity (Wildman–Crippen MR) is 115 cm³/mol. The zero-order chi connectivity index (χ0) is 20.6. The Morgan fingerprint density at radius 1 is 0.966 bits per heavy atom. The van der Waals surface area contributed by atoms with Crippen molar-refractivity contribution in [2.75, 3.05) is 5.32 Å². The number of amides is 1. The van der Waals surface area contributed by atoms with E-state index in [9.17, 15) is 4.79 Å². The van der Waals surface area contributed by atoms with E-state index in [1.54, 1.807) is 12.1 Å². The second-order valence-electron chi connectivity index (χ2n) is 8.91. The average molecular weight is 387 g/mol. The maximum absolute atomic E-state index is 12.2. The summed E-state index contributed by atoms with van der Waals surface area (Å²) in [4.78, 5) is 12.2. The number of tetrazole rings is 1. The molecule has 0 bridgehead atoms. The largest absolute Gasteiger partial charge is 0.289 e. The molecule has 1 aliphatic carbocycles. The van der Waals surface area contributed by atoms with Gasteiger partial charge in [0.1, 0.15) is 0 Å². The monoisotopic (exact) mass is 387 g/mol. The fourth-order valence-corrected chi connectivity index (χ4v) is 4.44. The van der Waals surface area contributed by atoms with Crippen molar-refractivity contribution in [3.8, 4) is 0 Å². The van der Waals surface area contributed by atoms with Gasteiger partial charge in [-0.3, -0.25) is 10.1 Å². The number of carbonyl (C=O) groups is 1. The van der Waals surface area contributed by atoms with Gasteiger partial charge in [0.05, 0.1) is 0 Å². The summed E-state index contributed by atoms with van der Waals surface area (Å²) < 4.78 is 0. The number of nitrogens with zero attached hydrogens (tertiary/aromatic N) is 3. The average Bonchev–Trinajstić information content (AvgIpc) is 3.24. The molecule has 1 amide bonds. The molecule has 1 aliphatic rings. The fourth-order valence-electron chi connectivity index (χ4n) is 4.44. The van der Waals surface area contributed by atoms with Gasteiger partial charge in [0, 0.05) is 5.56 Å². The Labute approximate surface area is 170 Å². The van der Waals surface area contributed by atoms with Crippen molar-refractivity contribution in [1.29, 1.82) is 0 Å². The van der Waals surface area contributed by atoms with Crippen molar-refractivity contribution in [1.82, 2.24) is 20.6 Å². The standard InChI is InChI=1S/C23H25N5O/c1-22(2)14-23(3,4)19-13-16(9-12-18(19)22)6-5-15-7-10-17(11-8-15)20(29)24-21-25-27-28-26-21/h5-13H,14H2,1-4H3,(H2,24,25,26,27,28,29)/b6-5+. The van der Waals surface area contributed by atoms with Gasteiger partial charge in [-0.15, -0.1) is 0 Å². The van der Waals surface area contributed by atoms with E-state index < -0.39 is 0 Å². The lowest BCUT2D eigenvalue weighted by Crippen LogP contribution is -2.17. The summed E-state index contributed by atoms with van der Waals surface area (Å²) in [6.45, 7) is 9.30. The molecule has 0 saturated carbocycles. The van der Waals surface area contributed by atoms with Gasteiger partial charge in [0.15, 0.2) is 0 Å². The number of rotatable bonds is 4. The lowest BCUT2D eigenvalue weighted by molar-refractivity contribution is 0.102. The molecule has 6 nitrogen and oxygen atoms in total. The number of benzene rings is 2. The number of anilines is 1. The number of aromatic amines is 1. The van der Waals surface area contributed by atoms with E-state index in [2.05, 4.69) is 84.0 Å². The summed E-state index contributed by atoms with van der Waals surface area (Å²) in [7, 11) is 0. The first-order valence-corrected chi connectivity index (χ1v) is 9.73. The molecule has 3 aromatic rings. The number of hydrogen-bond acceptors (Lipinski definition) is 4. The lowest BCUT2D eigenvalue weighted by Gasteiger charge is -2.22. The van der Waals surface area contributed by atoms with Crippen LogP contribution in [0.15, 0.2) is 42.5 Å². The first kappa shape index (κ1) is 19.1. The Bertz CT molecular complexity index is 1060. The van der Waals surface area contributed by atoms with Crippen molar-refractivity contribution < 1.29 is 4.79 Å². The van der Waals surface area contributed by atoms with Crippen LogP contribution in [0.4, 0.5) is 5.95 Å². The van der Waals surface area contributed by atoms with E-state index in [1.165, 1.54) is 16.7 Å². The first-order valence-electron chi connectivity index (χ1n) is 9.73. The van der Waals surface area contributed by atoms with Gasteiger partial charge in [-0.1, -0.05) is 75.3 Å². The zero-order valence-electron chi connectivity index (χ0n) is 17.2. The summed E-state index contributed by atoms with van der Waals surface area (Å²) in [6, 6.07) is 14.2. The molecule has 148 valence electrons. The minimum absolute atomic E-state index is 0.191. The maximum atomic E-state index is 12.2. The maximum Gasteiger partial charge on any atom is 0.258 e. The van der Waals surface area contributed by atoms with Crippen LogP contribution in [-0.4, -0.2) is 26.5 Å². The van der Waals surface area contributed by atoms with Crippen LogP contribution in [0.3, 0.4) is 0 Å². The molecule has 29 heavy (non-hydrogen) atoms. The second-order valence-corrected chi connectivity index (χ2v) is 8.91. The van der Waals surface area contributed by atoms with Crippen molar-refractivity contribution in [2.24, 2.45) is 0 Å².